The van der Waals surface area contributed by atoms with E-state index in [1.165, 1.54) is 0 Å². The highest BCUT2D eigenvalue weighted by atomic mass is 32.2. The summed E-state index contributed by atoms with van der Waals surface area (Å²) in [5.74, 6) is 2.55. The Morgan fingerprint density at radius 3 is 2.89 bits per heavy atom. The van der Waals surface area contributed by atoms with Crippen LogP contribution in [0.2, 0.25) is 0 Å². The van der Waals surface area contributed by atoms with Crippen molar-refractivity contribution in [2.45, 2.75) is 21.4 Å². The van der Waals surface area contributed by atoms with E-state index in [1.807, 2.05) is 22.9 Å². The summed E-state index contributed by atoms with van der Waals surface area (Å²) in [6.07, 6.45) is 5.70. The van der Waals surface area contributed by atoms with Gasteiger partial charge in [0, 0.05) is 24.3 Å². The Hall–Kier alpha value is -1.12. The summed E-state index contributed by atoms with van der Waals surface area (Å²) >= 11 is 5.02. The van der Waals surface area contributed by atoms with Crippen molar-refractivity contribution in [3.05, 3.63) is 30.4 Å². The predicted octanol–water partition coefficient (Wildman–Crippen LogP) is 2.99. The molecule has 0 atom stereocenters. The van der Waals surface area contributed by atoms with Crippen LogP contribution in [0.5, 0.6) is 0 Å². The molecule has 3 heterocycles. The van der Waals surface area contributed by atoms with Crippen LogP contribution in [0.3, 0.4) is 0 Å². The summed E-state index contributed by atoms with van der Waals surface area (Å²) in [6, 6.07) is 1.89. The number of hydrogen-bond acceptors (Lipinski definition) is 7. The lowest BCUT2D eigenvalue weighted by Crippen LogP contribution is -1.83. The third-order valence-electron chi connectivity index (χ3n) is 2.28. The highest BCUT2D eigenvalue weighted by molar-refractivity contribution is 8.02. The Kier molecular flexibility index (Phi) is 4.00. The van der Waals surface area contributed by atoms with Gasteiger partial charge in [-0.1, -0.05) is 41.8 Å². The fourth-order valence-corrected chi connectivity index (χ4v) is 4.32. The van der Waals surface area contributed by atoms with Gasteiger partial charge in [-0.25, -0.2) is 9.97 Å². The minimum Gasteiger partial charge on any atom is -0.291 e. The standard InChI is InChI=1S/C11H11N5S3/c1-2-17-10-14-15-11(19-10)18-7-8-6-16-5-3-4-12-9(16)13-8/h3-6H,2,7H2,1H3. The Morgan fingerprint density at radius 1 is 1.26 bits per heavy atom. The van der Waals surface area contributed by atoms with Crippen LogP contribution >= 0.6 is 34.9 Å². The summed E-state index contributed by atoms with van der Waals surface area (Å²) in [4.78, 5) is 8.65. The molecule has 0 bridgehead atoms. The first-order valence-electron chi connectivity index (χ1n) is 5.73. The molecule has 98 valence electrons. The van der Waals surface area contributed by atoms with E-state index in [1.54, 1.807) is 41.1 Å². The van der Waals surface area contributed by atoms with Crippen molar-refractivity contribution < 1.29 is 0 Å². The lowest BCUT2D eigenvalue weighted by Gasteiger charge is -1.91. The van der Waals surface area contributed by atoms with Crippen LogP contribution in [0, 0.1) is 0 Å². The molecular formula is C11H11N5S3. The molecule has 5 nitrogen and oxygen atoms in total. The van der Waals surface area contributed by atoms with Gasteiger partial charge in [0.2, 0.25) is 5.78 Å². The first-order chi connectivity index (χ1) is 9.35. The van der Waals surface area contributed by atoms with Crippen molar-refractivity contribution in [3.63, 3.8) is 0 Å². The fourth-order valence-electron chi connectivity index (χ4n) is 1.52. The Bertz CT molecular complexity index is 645. The second kappa shape index (κ2) is 5.89. The molecular weight excluding hydrogens is 298 g/mol. The number of nitrogens with zero attached hydrogens (tertiary/aromatic N) is 5. The average Bonchev–Trinajstić information content (AvgIpc) is 3.02. The van der Waals surface area contributed by atoms with Crippen LogP contribution in [0.15, 0.2) is 33.3 Å². The topological polar surface area (TPSA) is 56.0 Å². The molecule has 0 amide bonds. The number of thioether (sulfide) groups is 2. The van der Waals surface area contributed by atoms with Gasteiger partial charge < -0.3 is 0 Å². The van der Waals surface area contributed by atoms with Crippen LogP contribution in [-0.4, -0.2) is 30.3 Å². The average molecular weight is 309 g/mol. The quantitative estimate of drug-likeness (QED) is 0.675. The highest BCUT2D eigenvalue weighted by Gasteiger charge is 2.07. The zero-order valence-electron chi connectivity index (χ0n) is 10.2. The molecule has 0 fully saturated rings. The minimum absolute atomic E-state index is 0.734. The number of fused-ring (bicyclic) bond motifs is 1. The van der Waals surface area contributed by atoms with Crippen LogP contribution in [0.1, 0.15) is 12.6 Å². The predicted molar refractivity (Wildman–Crippen MR) is 78.9 cm³/mol. The summed E-state index contributed by atoms with van der Waals surface area (Å²) in [5.41, 5.74) is 1.00. The molecule has 0 saturated carbocycles. The first kappa shape index (κ1) is 12.9. The SMILES string of the molecule is CCSc1nnc(SCc2cn3cccnc3n2)s1. The molecule has 0 aliphatic rings. The number of imidazole rings is 1. The van der Waals surface area contributed by atoms with E-state index in [9.17, 15) is 0 Å². The maximum Gasteiger partial charge on any atom is 0.233 e. The largest absolute Gasteiger partial charge is 0.291 e. The molecule has 0 radical (unpaired) electrons. The zero-order chi connectivity index (χ0) is 13.1. The summed E-state index contributed by atoms with van der Waals surface area (Å²) in [7, 11) is 0. The van der Waals surface area contributed by atoms with Crippen molar-refractivity contribution in [2.24, 2.45) is 0 Å². The van der Waals surface area contributed by atoms with Gasteiger partial charge in [0.05, 0.1) is 5.69 Å². The Labute approximate surface area is 122 Å². The molecule has 19 heavy (non-hydrogen) atoms. The van der Waals surface area contributed by atoms with E-state index in [2.05, 4.69) is 27.1 Å². The zero-order valence-corrected chi connectivity index (χ0v) is 12.6. The highest BCUT2D eigenvalue weighted by Crippen LogP contribution is 2.30. The van der Waals surface area contributed by atoms with Crippen molar-refractivity contribution >= 4 is 40.6 Å². The first-order valence-corrected chi connectivity index (χ1v) is 8.51. The second-order valence-electron chi connectivity index (χ2n) is 3.61. The lowest BCUT2D eigenvalue weighted by atomic mass is 10.6. The molecule has 3 aromatic rings. The van der Waals surface area contributed by atoms with E-state index >= 15 is 0 Å². The van der Waals surface area contributed by atoms with Gasteiger partial charge in [-0.05, 0) is 11.8 Å². The van der Waals surface area contributed by atoms with Gasteiger partial charge in [-0.3, -0.25) is 4.40 Å². The fraction of sp³-hybridized carbons (Fsp3) is 0.273. The molecule has 3 rings (SSSR count). The van der Waals surface area contributed by atoms with E-state index in [0.29, 0.717) is 0 Å². The maximum absolute atomic E-state index is 4.45. The van der Waals surface area contributed by atoms with Gasteiger partial charge >= 0.3 is 0 Å². The Morgan fingerprint density at radius 2 is 2.11 bits per heavy atom. The number of hydrogen-bond donors (Lipinski definition) is 0. The van der Waals surface area contributed by atoms with Crippen molar-refractivity contribution in [3.8, 4) is 0 Å². The van der Waals surface area contributed by atoms with Gasteiger partial charge in [0.25, 0.3) is 0 Å². The van der Waals surface area contributed by atoms with Crippen LogP contribution in [0.4, 0.5) is 0 Å². The third-order valence-corrected chi connectivity index (χ3v) is 5.39. The Balaban J connectivity index is 1.67. The number of rotatable bonds is 5. The van der Waals surface area contributed by atoms with Gasteiger partial charge in [0.15, 0.2) is 8.68 Å². The third kappa shape index (κ3) is 3.07. The molecule has 0 N–H and O–H groups in total. The monoisotopic (exact) mass is 309 g/mol. The van der Waals surface area contributed by atoms with Crippen LogP contribution in [-0.2, 0) is 5.75 Å². The van der Waals surface area contributed by atoms with Crippen molar-refractivity contribution in [1.29, 1.82) is 0 Å². The molecule has 0 aromatic carbocycles. The van der Waals surface area contributed by atoms with Crippen LogP contribution < -0.4 is 0 Å². The van der Waals surface area contributed by atoms with Crippen molar-refractivity contribution in [1.82, 2.24) is 24.6 Å². The molecule has 0 unspecified atom stereocenters. The molecule has 0 spiro atoms. The molecule has 3 aromatic heterocycles. The minimum atomic E-state index is 0.734. The molecule has 0 aliphatic heterocycles. The van der Waals surface area contributed by atoms with E-state index in [4.69, 9.17) is 0 Å². The summed E-state index contributed by atoms with van der Waals surface area (Å²) in [6.45, 7) is 2.11. The summed E-state index contributed by atoms with van der Waals surface area (Å²) < 4.78 is 3.94. The van der Waals surface area contributed by atoms with Crippen molar-refractivity contribution in [2.75, 3.05) is 5.75 Å². The molecule has 0 saturated heterocycles. The van der Waals surface area contributed by atoms with Gasteiger partial charge in [-0.15, -0.1) is 10.2 Å². The molecule has 0 aliphatic carbocycles. The molecule has 8 heteroatoms. The van der Waals surface area contributed by atoms with E-state index in [0.717, 1.165) is 31.7 Å². The van der Waals surface area contributed by atoms with Crippen LogP contribution in [0.25, 0.3) is 5.78 Å². The lowest BCUT2D eigenvalue weighted by molar-refractivity contribution is 0.954. The van der Waals surface area contributed by atoms with Gasteiger partial charge in [-0.2, -0.15) is 0 Å². The normalized spacial score (nSPS) is 11.2. The van der Waals surface area contributed by atoms with E-state index < -0.39 is 0 Å². The van der Waals surface area contributed by atoms with E-state index in [-0.39, 0.29) is 0 Å². The van der Waals surface area contributed by atoms with Gasteiger partial charge in [0.1, 0.15) is 0 Å². The second-order valence-corrected chi connectivity index (χ2v) is 7.33. The number of aromatic nitrogens is 5. The maximum atomic E-state index is 4.45. The summed E-state index contributed by atoms with van der Waals surface area (Å²) in [5, 5.41) is 8.30. The smallest absolute Gasteiger partial charge is 0.233 e.